The summed E-state index contributed by atoms with van der Waals surface area (Å²) < 4.78 is 17.7. The van der Waals surface area contributed by atoms with Crippen LogP contribution in [-0.2, 0) is 23.1 Å². The molecular formula is C24H24N4O5S2. The van der Waals surface area contributed by atoms with E-state index in [9.17, 15) is 14.9 Å². The van der Waals surface area contributed by atoms with Crippen molar-refractivity contribution in [3.05, 3.63) is 55.7 Å². The number of ether oxygens (including phenoxy) is 3. The van der Waals surface area contributed by atoms with Crippen LogP contribution in [0.3, 0.4) is 0 Å². The molecule has 2 aliphatic rings. The summed E-state index contributed by atoms with van der Waals surface area (Å²) in [7, 11) is 3.20. The normalized spacial score (nSPS) is 15.7. The topological polar surface area (TPSA) is 106 Å². The van der Waals surface area contributed by atoms with Crippen molar-refractivity contribution in [3.63, 3.8) is 0 Å². The Bertz CT molecular complexity index is 1330. The lowest BCUT2D eigenvalue weighted by Crippen LogP contribution is -2.29. The first-order valence-corrected chi connectivity index (χ1v) is 12.1. The van der Waals surface area contributed by atoms with Gasteiger partial charge in [0.05, 0.1) is 4.91 Å². The van der Waals surface area contributed by atoms with Crippen LogP contribution >= 0.6 is 24.0 Å². The number of carbonyl (C=O) groups is 1. The zero-order valence-corrected chi connectivity index (χ0v) is 21.2. The quantitative estimate of drug-likeness (QED) is 0.324. The molecule has 0 saturated carbocycles. The number of nitrogens with zero attached hydrogens (tertiary/aromatic N) is 3. The second-order valence-electron chi connectivity index (χ2n) is 7.96. The number of amides is 1. The van der Waals surface area contributed by atoms with Gasteiger partial charge in [0.25, 0.3) is 11.5 Å². The van der Waals surface area contributed by atoms with Gasteiger partial charge in [0.1, 0.15) is 21.8 Å². The second kappa shape index (κ2) is 10.5. The molecule has 3 heterocycles. The number of nitriles is 1. The van der Waals surface area contributed by atoms with Crippen molar-refractivity contribution in [1.82, 2.24) is 9.47 Å². The Morgan fingerprint density at radius 3 is 2.83 bits per heavy atom. The molecule has 1 fully saturated rings. The first-order valence-electron chi connectivity index (χ1n) is 10.9. The van der Waals surface area contributed by atoms with Gasteiger partial charge in [0.2, 0.25) is 6.79 Å². The smallest absolute Gasteiger partial charge is 0.270 e. The number of hydrogen-bond acceptors (Lipinski definition) is 9. The molecule has 11 heteroatoms. The minimum atomic E-state index is -0.414. The fraction of sp³-hybridized carbons (Fsp3) is 0.333. The number of carbonyl (C=O) groups excluding carboxylic acids is 1. The minimum absolute atomic E-state index is 0.0305. The maximum atomic E-state index is 13.1. The Balaban J connectivity index is 1.69. The van der Waals surface area contributed by atoms with E-state index in [1.54, 1.807) is 32.1 Å². The highest BCUT2D eigenvalue weighted by Gasteiger charge is 2.32. The van der Waals surface area contributed by atoms with Crippen molar-refractivity contribution in [1.29, 1.82) is 5.26 Å². The third-order valence-electron chi connectivity index (χ3n) is 5.78. The number of fused-ring (bicyclic) bond motifs is 1. The Morgan fingerprint density at radius 1 is 1.31 bits per heavy atom. The van der Waals surface area contributed by atoms with E-state index in [-0.39, 0.29) is 18.3 Å². The Labute approximate surface area is 212 Å². The lowest BCUT2D eigenvalue weighted by Gasteiger charge is -2.18. The van der Waals surface area contributed by atoms with Gasteiger partial charge in [-0.2, -0.15) is 5.26 Å². The number of hydrogen-bond donors (Lipinski definition) is 1. The molecule has 4 rings (SSSR count). The standard InChI is InChI=1S/C24H24N4O5S2/c1-14-16(10-20-23(30)28(24(34)35-20)7-4-8-31-3)21(27(2)22(29)17(14)11-25)26-12-15-5-6-18-19(9-15)33-13-32-18/h5-6,9-10,26H,4,7-8,12-13H2,1-3H3/b20-10+. The molecule has 2 aliphatic heterocycles. The summed E-state index contributed by atoms with van der Waals surface area (Å²) in [6.07, 6.45) is 2.36. The Morgan fingerprint density at radius 2 is 2.09 bits per heavy atom. The molecule has 0 unspecified atom stereocenters. The van der Waals surface area contributed by atoms with Crippen LogP contribution in [0.25, 0.3) is 6.08 Å². The molecule has 1 aromatic carbocycles. The van der Waals surface area contributed by atoms with Crippen LogP contribution in [0.4, 0.5) is 5.82 Å². The molecule has 35 heavy (non-hydrogen) atoms. The van der Waals surface area contributed by atoms with E-state index in [1.807, 2.05) is 24.3 Å². The molecule has 1 amide bonds. The summed E-state index contributed by atoms with van der Waals surface area (Å²) in [5, 5.41) is 12.9. The summed E-state index contributed by atoms with van der Waals surface area (Å²) >= 11 is 6.62. The van der Waals surface area contributed by atoms with Gasteiger partial charge in [-0.3, -0.25) is 19.1 Å². The van der Waals surface area contributed by atoms with Crippen molar-refractivity contribution in [2.24, 2.45) is 7.05 Å². The molecule has 0 atom stereocenters. The van der Waals surface area contributed by atoms with Gasteiger partial charge in [-0.05, 0) is 42.7 Å². The highest BCUT2D eigenvalue weighted by Crippen LogP contribution is 2.36. The number of methoxy groups -OCH3 is 1. The predicted octanol–water partition coefficient (Wildman–Crippen LogP) is 3.14. The van der Waals surface area contributed by atoms with Crippen molar-refractivity contribution >= 4 is 46.1 Å². The fourth-order valence-electron chi connectivity index (χ4n) is 3.87. The Kier molecular flexibility index (Phi) is 7.45. The van der Waals surface area contributed by atoms with Gasteiger partial charge in [-0.15, -0.1) is 0 Å². The average molecular weight is 513 g/mol. The van der Waals surface area contributed by atoms with Gasteiger partial charge in [0.15, 0.2) is 11.5 Å². The van der Waals surface area contributed by atoms with E-state index >= 15 is 0 Å². The van der Waals surface area contributed by atoms with Gasteiger partial charge < -0.3 is 19.5 Å². The number of aromatic nitrogens is 1. The summed E-state index contributed by atoms with van der Waals surface area (Å²) in [6, 6.07) is 7.60. The number of rotatable bonds is 8. The van der Waals surface area contributed by atoms with Crippen LogP contribution in [0.15, 0.2) is 27.9 Å². The number of thioether (sulfide) groups is 1. The fourth-order valence-corrected chi connectivity index (χ4v) is 5.16. The summed E-state index contributed by atoms with van der Waals surface area (Å²) in [5.41, 5.74) is 1.61. The maximum absolute atomic E-state index is 13.1. The highest BCUT2D eigenvalue weighted by molar-refractivity contribution is 8.26. The molecular weight excluding hydrogens is 488 g/mol. The van der Waals surface area contributed by atoms with E-state index in [2.05, 4.69) is 5.32 Å². The van der Waals surface area contributed by atoms with Crippen LogP contribution in [0.2, 0.25) is 0 Å². The first-order chi connectivity index (χ1) is 16.8. The highest BCUT2D eigenvalue weighted by atomic mass is 32.2. The molecule has 1 aromatic heterocycles. The molecule has 0 aliphatic carbocycles. The SMILES string of the molecule is COCCCN1C(=O)/C(=C\c2c(C)c(C#N)c(=O)n(C)c2NCc2ccc3c(c2)OCO3)SC1=S. The van der Waals surface area contributed by atoms with Crippen molar-refractivity contribution in [2.45, 2.75) is 19.9 Å². The third-order valence-corrected chi connectivity index (χ3v) is 7.15. The maximum Gasteiger partial charge on any atom is 0.270 e. The van der Waals surface area contributed by atoms with Crippen LogP contribution in [0, 0.1) is 18.3 Å². The molecule has 182 valence electrons. The van der Waals surface area contributed by atoms with E-state index in [0.29, 0.717) is 63.8 Å². The van der Waals surface area contributed by atoms with Gasteiger partial charge >= 0.3 is 0 Å². The van der Waals surface area contributed by atoms with Crippen LogP contribution in [-0.4, -0.2) is 46.7 Å². The van der Waals surface area contributed by atoms with E-state index < -0.39 is 5.56 Å². The molecule has 9 nitrogen and oxygen atoms in total. The predicted molar refractivity (Wildman–Crippen MR) is 137 cm³/mol. The summed E-state index contributed by atoms with van der Waals surface area (Å²) in [6.45, 7) is 3.25. The lowest BCUT2D eigenvalue weighted by atomic mass is 10.0. The van der Waals surface area contributed by atoms with Crippen molar-refractivity contribution in [2.75, 3.05) is 32.4 Å². The number of nitrogens with one attached hydrogen (secondary N) is 1. The number of pyridine rings is 1. The zero-order valence-electron chi connectivity index (χ0n) is 19.5. The van der Waals surface area contributed by atoms with Crippen LogP contribution in [0.1, 0.15) is 28.7 Å². The van der Waals surface area contributed by atoms with Gasteiger partial charge in [0, 0.05) is 39.4 Å². The second-order valence-corrected chi connectivity index (χ2v) is 9.63. The number of benzene rings is 1. The molecule has 0 bridgehead atoms. The molecule has 0 radical (unpaired) electrons. The largest absolute Gasteiger partial charge is 0.454 e. The van der Waals surface area contributed by atoms with Gasteiger partial charge in [-0.25, -0.2) is 0 Å². The molecule has 1 saturated heterocycles. The minimum Gasteiger partial charge on any atom is -0.454 e. The molecule has 0 spiro atoms. The summed E-state index contributed by atoms with van der Waals surface area (Å²) in [4.78, 5) is 27.9. The lowest BCUT2D eigenvalue weighted by molar-refractivity contribution is -0.122. The van der Waals surface area contributed by atoms with E-state index in [4.69, 9.17) is 26.4 Å². The monoisotopic (exact) mass is 512 g/mol. The first kappa shape index (κ1) is 24.8. The molecule has 2 aromatic rings. The van der Waals surface area contributed by atoms with E-state index in [0.717, 1.165) is 5.56 Å². The number of anilines is 1. The van der Waals surface area contributed by atoms with E-state index in [1.165, 1.54) is 16.3 Å². The van der Waals surface area contributed by atoms with Gasteiger partial charge in [-0.1, -0.05) is 30.0 Å². The third kappa shape index (κ3) is 4.91. The number of thiocarbonyl (C=S) groups is 1. The summed E-state index contributed by atoms with van der Waals surface area (Å²) in [5.74, 6) is 1.63. The van der Waals surface area contributed by atoms with Crippen LogP contribution < -0.4 is 20.3 Å². The van der Waals surface area contributed by atoms with Crippen LogP contribution in [0.5, 0.6) is 11.5 Å². The van der Waals surface area contributed by atoms with Crippen molar-refractivity contribution < 1.29 is 19.0 Å². The zero-order chi connectivity index (χ0) is 25.1. The van der Waals surface area contributed by atoms with Crippen molar-refractivity contribution in [3.8, 4) is 17.6 Å². The molecule has 1 N–H and O–H groups in total. The average Bonchev–Trinajstić information content (AvgIpc) is 3.42. The Hall–Kier alpha value is -3.33.